The predicted molar refractivity (Wildman–Crippen MR) is 69.7 cm³/mol. The Bertz CT molecular complexity index is 716. The predicted octanol–water partition coefficient (Wildman–Crippen LogP) is 3.94. The molecule has 0 saturated carbocycles. The zero-order chi connectivity index (χ0) is 16.8. The van der Waals surface area contributed by atoms with Crippen LogP contribution in [0.2, 0.25) is 0 Å². The van der Waals surface area contributed by atoms with Gasteiger partial charge in [0.05, 0.1) is 12.1 Å². The summed E-state index contributed by atoms with van der Waals surface area (Å²) in [6.07, 6.45) is -8.99. The molecule has 0 atom stereocenters. The summed E-state index contributed by atoms with van der Waals surface area (Å²) in [6.45, 7) is 0.758. The molecule has 1 aliphatic heterocycles. The smallest absolute Gasteiger partial charge is 0.351 e. The lowest BCUT2D eigenvalue weighted by Crippen LogP contribution is -2.20. The fraction of sp³-hybridized carbons (Fsp3) is 0.357. The minimum atomic E-state index is -4.54. The minimum Gasteiger partial charge on any atom is -0.351 e. The van der Waals surface area contributed by atoms with E-state index in [0.29, 0.717) is 12.1 Å². The van der Waals surface area contributed by atoms with Gasteiger partial charge in [0.2, 0.25) is 0 Å². The molecule has 0 spiro atoms. The molecule has 23 heavy (non-hydrogen) atoms. The van der Waals surface area contributed by atoms with Gasteiger partial charge in [0, 0.05) is 19.2 Å². The van der Waals surface area contributed by atoms with E-state index in [1.165, 1.54) is 16.8 Å². The number of nitrogens with zero attached hydrogens (tertiary/aromatic N) is 3. The molecule has 2 heterocycles. The van der Waals surface area contributed by atoms with Crippen molar-refractivity contribution >= 4 is 5.82 Å². The highest BCUT2D eigenvalue weighted by Gasteiger charge is 2.37. The first kappa shape index (κ1) is 15.7. The number of halogens is 6. The van der Waals surface area contributed by atoms with E-state index in [1.807, 2.05) is 0 Å². The summed E-state index contributed by atoms with van der Waals surface area (Å²) in [5.74, 6) is 0.259. The maximum atomic E-state index is 12.7. The van der Waals surface area contributed by atoms with Gasteiger partial charge >= 0.3 is 12.4 Å². The molecule has 0 aliphatic carbocycles. The van der Waals surface area contributed by atoms with Crippen LogP contribution in [0.3, 0.4) is 0 Å². The van der Waals surface area contributed by atoms with E-state index >= 15 is 0 Å². The lowest BCUT2D eigenvalue weighted by molar-refractivity contribution is -0.141. The third kappa shape index (κ3) is 3.13. The van der Waals surface area contributed by atoms with Gasteiger partial charge in [-0.3, -0.25) is 0 Å². The van der Waals surface area contributed by atoms with Crippen LogP contribution in [0.1, 0.15) is 16.8 Å². The van der Waals surface area contributed by atoms with Crippen molar-refractivity contribution in [3.05, 3.63) is 47.2 Å². The van der Waals surface area contributed by atoms with Gasteiger partial charge in [-0.05, 0) is 17.7 Å². The maximum Gasteiger partial charge on any atom is 0.435 e. The zero-order valence-electron chi connectivity index (χ0n) is 11.6. The van der Waals surface area contributed by atoms with Crippen molar-refractivity contribution < 1.29 is 26.3 Å². The van der Waals surface area contributed by atoms with Gasteiger partial charge in [0.1, 0.15) is 5.82 Å². The minimum absolute atomic E-state index is 0.0902. The number of anilines is 1. The number of benzene rings is 1. The molecular weight excluding hydrogens is 324 g/mol. The van der Waals surface area contributed by atoms with E-state index in [2.05, 4.69) is 5.10 Å². The lowest BCUT2D eigenvalue weighted by Gasteiger charge is -2.18. The zero-order valence-corrected chi connectivity index (χ0v) is 11.6. The Kier molecular flexibility index (Phi) is 3.53. The molecule has 1 aromatic heterocycles. The molecule has 0 saturated heterocycles. The normalized spacial score (nSPS) is 15.1. The van der Waals surface area contributed by atoms with Crippen molar-refractivity contribution in [1.29, 1.82) is 0 Å². The van der Waals surface area contributed by atoms with E-state index in [9.17, 15) is 26.3 Å². The van der Waals surface area contributed by atoms with E-state index in [0.717, 1.165) is 18.2 Å². The van der Waals surface area contributed by atoms with E-state index in [4.69, 9.17) is 0 Å². The Morgan fingerprint density at radius 1 is 0.957 bits per heavy atom. The van der Waals surface area contributed by atoms with Crippen molar-refractivity contribution in [2.24, 2.45) is 0 Å². The molecule has 0 bridgehead atoms. The van der Waals surface area contributed by atoms with Crippen LogP contribution in [0.15, 0.2) is 30.3 Å². The number of aromatic nitrogens is 2. The van der Waals surface area contributed by atoms with Crippen molar-refractivity contribution in [2.45, 2.75) is 25.4 Å². The van der Waals surface area contributed by atoms with Crippen LogP contribution < -0.4 is 4.90 Å². The first-order valence-electron chi connectivity index (χ1n) is 6.71. The molecule has 1 aromatic carbocycles. The molecule has 3 nitrogen and oxygen atoms in total. The van der Waals surface area contributed by atoms with Crippen LogP contribution >= 0.6 is 0 Å². The third-order valence-corrected chi connectivity index (χ3v) is 3.58. The topological polar surface area (TPSA) is 21.1 Å². The van der Waals surface area contributed by atoms with Gasteiger partial charge in [0.25, 0.3) is 0 Å². The van der Waals surface area contributed by atoms with E-state index < -0.39 is 23.6 Å². The molecule has 0 amide bonds. The summed E-state index contributed by atoms with van der Waals surface area (Å²) >= 11 is 0. The molecular formula is C14H11F6N3. The van der Waals surface area contributed by atoms with Crippen molar-refractivity contribution in [3.63, 3.8) is 0 Å². The Balaban J connectivity index is 1.83. The molecule has 3 rings (SSSR count). The van der Waals surface area contributed by atoms with Gasteiger partial charge in [-0.15, -0.1) is 0 Å². The second-order valence-electron chi connectivity index (χ2n) is 5.23. The summed E-state index contributed by atoms with van der Waals surface area (Å²) in [6, 6.07) is 5.68. The molecule has 1 aliphatic rings. The molecule has 2 aromatic rings. The SMILES string of the molecule is FC(F)(F)c1cccc(CN2CCn3nc(C(F)(F)F)cc32)c1. The fourth-order valence-corrected chi connectivity index (χ4v) is 2.52. The van der Waals surface area contributed by atoms with Crippen LogP contribution in [0.25, 0.3) is 0 Å². The summed E-state index contributed by atoms with van der Waals surface area (Å²) in [4.78, 5) is 1.58. The summed E-state index contributed by atoms with van der Waals surface area (Å²) in [7, 11) is 0. The molecule has 0 N–H and O–H groups in total. The van der Waals surface area contributed by atoms with Gasteiger partial charge in [-0.1, -0.05) is 12.1 Å². The quantitative estimate of drug-likeness (QED) is 0.775. The first-order valence-corrected chi connectivity index (χ1v) is 6.71. The maximum absolute atomic E-state index is 12.7. The fourth-order valence-electron chi connectivity index (χ4n) is 2.52. The Labute approximate surface area is 127 Å². The van der Waals surface area contributed by atoms with Gasteiger partial charge in [-0.2, -0.15) is 31.4 Å². The molecule has 9 heteroatoms. The van der Waals surface area contributed by atoms with Crippen molar-refractivity contribution in [3.8, 4) is 0 Å². The molecule has 0 radical (unpaired) electrons. The van der Waals surface area contributed by atoms with Gasteiger partial charge in [-0.25, -0.2) is 4.68 Å². The Morgan fingerprint density at radius 3 is 2.35 bits per heavy atom. The molecule has 124 valence electrons. The highest BCUT2D eigenvalue weighted by Crippen LogP contribution is 2.34. The second-order valence-corrected chi connectivity index (χ2v) is 5.23. The average molecular weight is 335 g/mol. The Hall–Kier alpha value is -2.19. The van der Waals surface area contributed by atoms with Crippen LogP contribution in [0, 0.1) is 0 Å². The number of alkyl halides is 6. The molecule has 0 fully saturated rings. The number of fused-ring (bicyclic) bond motifs is 1. The summed E-state index contributed by atoms with van der Waals surface area (Å²) < 4.78 is 77.3. The van der Waals surface area contributed by atoms with E-state index in [-0.39, 0.29) is 18.9 Å². The summed E-state index contributed by atoms with van der Waals surface area (Å²) in [5, 5.41) is 3.48. The summed E-state index contributed by atoms with van der Waals surface area (Å²) in [5.41, 5.74) is -1.40. The highest BCUT2D eigenvalue weighted by molar-refractivity contribution is 5.45. The van der Waals surface area contributed by atoms with Crippen molar-refractivity contribution in [1.82, 2.24) is 9.78 Å². The number of hydrogen-bond donors (Lipinski definition) is 0. The van der Waals surface area contributed by atoms with Crippen LogP contribution in [0.4, 0.5) is 32.2 Å². The average Bonchev–Trinajstić information content (AvgIpc) is 3.00. The third-order valence-electron chi connectivity index (χ3n) is 3.58. The number of rotatable bonds is 2. The first-order chi connectivity index (χ1) is 10.6. The van der Waals surface area contributed by atoms with Crippen LogP contribution in [-0.2, 0) is 25.4 Å². The van der Waals surface area contributed by atoms with Crippen LogP contribution in [0.5, 0.6) is 0 Å². The standard InChI is InChI=1S/C14H11F6N3/c15-13(16,17)10-3-1-2-9(6-10)8-22-4-5-23-12(22)7-11(21-23)14(18,19)20/h1-3,6-7H,4-5,8H2. The van der Waals surface area contributed by atoms with Crippen LogP contribution in [-0.4, -0.2) is 16.3 Å². The molecule has 0 unspecified atom stereocenters. The highest BCUT2D eigenvalue weighted by atomic mass is 19.4. The van der Waals surface area contributed by atoms with Gasteiger partial charge in [0.15, 0.2) is 5.69 Å². The largest absolute Gasteiger partial charge is 0.435 e. The van der Waals surface area contributed by atoms with E-state index in [1.54, 1.807) is 4.90 Å². The van der Waals surface area contributed by atoms with Crippen molar-refractivity contribution in [2.75, 3.05) is 11.4 Å². The lowest BCUT2D eigenvalue weighted by atomic mass is 10.1. The monoisotopic (exact) mass is 335 g/mol. The second kappa shape index (κ2) is 5.17. The Morgan fingerprint density at radius 2 is 1.70 bits per heavy atom. The van der Waals surface area contributed by atoms with Gasteiger partial charge < -0.3 is 4.90 Å². The number of hydrogen-bond acceptors (Lipinski definition) is 2.